The van der Waals surface area contributed by atoms with E-state index in [-0.39, 0.29) is 21.5 Å². The maximum Gasteiger partial charge on any atom is 0.413 e. The largest absolute Gasteiger partial charge is 0.441 e. The highest BCUT2D eigenvalue weighted by Gasteiger charge is 2.67. The molecule has 3 aromatic rings. The molecule has 0 aromatic carbocycles. The molecule has 3 aliphatic rings. The first-order valence-corrected chi connectivity index (χ1v) is 11.4. The number of anilines is 1. The number of aromatic nitrogens is 5. The van der Waals surface area contributed by atoms with Gasteiger partial charge in [-0.3, -0.25) is 15.1 Å². The summed E-state index contributed by atoms with van der Waals surface area (Å²) in [5, 5.41) is 14.0. The van der Waals surface area contributed by atoms with Crippen LogP contribution < -0.4 is 10.6 Å². The molecule has 1 atom stereocenters. The molecule has 0 aliphatic heterocycles. The summed E-state index contributed by atoms with van der Waals surface area (Å²) in [6.07, 6.45) is 4.08. The second kappa shape index (κ2) is 8.21. The number of alkyl halides is 1. The molecule has 0 saturated heterocycles. The Morgan fingerprint density at radius 1 is 1.21 bits per heavy atom. The van der Waals surface area contributed by atoms with E-state index in [0.717, 1.165) is 19.3 Å². The molecule has 0 radical (unpaired) electrons. The van der Waals surface area contributed by atoms with Gasteiger partial charge in [-0.05, 0) is 44.4 Å². The third kappa shape index (κ3) is 4.07. The van der Waals surface area contributed by atoms with Gasteiger partial charge in [-0.15, -0.1) is 16.7 Å². The molecule has 2 N–H and O–H groups in total. The van der Waals surface area contributed by atoms with Crippen LogP contribution in [-0.4, -0.2) is 47.4 Å². The van der Waals surface area contributed by atoms with Crippen molar-refractivity contribution in [2.75, 3.05) is 5.32 Å². The molecular weight excluding hydrogens is 481 g/mol. The van der Waals surface area contributed by atoms with Gasteiger partial charge in [-0.25, -0.2) is 14.5 Å². The summed E-state index contributed by atoms with van der Waals surface area (Å²) < 4.78 is 6.83. The highest BCUT2D eigenvalue weighted by atomic mass is 35.5. The van der Waals surface area contributed by atoms with E-state index in [9.17, 15) is 9.59 Å². The van der Waals surface area contributed by atoms with Crippen molar-refractivity contribution < 1.29 is 14.3 Å². The van der Waals surface area contributed by atoms with Gasteiger partial charge in [0.25, 0.3) is 5.91 Å². The minimum atomic E-state index is -0.717. The highest BCUT2D eigenvalue weighted by molar-refractivity contribution is 6.30. The van der Waals surface area contributed by atoms with Crippen LogP contribution in [0.25, 0.3) is 11.4 Å². The molecule has 176 valence electrons. The molecule has 3 aliphatic carbocycles. The summed E-state index contributed by atoms with van der Waals surface area (Å²) in [5.41, 5.74) is 1.61. The van der Waals surface area contributed by atoms with Crippen molar-refractivity contribution in [2.45, 2.75) is 42.7 Å². The second-order valence-electron chi connectivity index (χ2n) is 8.81. The Hall–Kier alpha value is -3.24. The van der Waals surface area contributed by atoms with Crippen LogP contribution in [0.15, 0.2) is 36.7 Å². The number of nitrogens with one attached hydrogen (secondary N) is 2. The Balaban J connectivity index is 1.26. The number of ether oxygens (including phenoxy) is 1. The molecule has 3 fully saturated rings. The van der Waals surface area contributed by atoms with E-state index in [1.165, 1.54) is 10.9 Å². The fourth-order valence-corrected chi connectivity index (χ4v) is 5.54. The quantitative estimate of drug-likeness (QED) is 0.387. The number of carbonyl (C=O) groups is 2. The standard InChI is InChI=1S/C22H21Cl2N7O3/c1-12(14-4-3-7-25-17(14)23)34-20(33)27-18-16(29-30-31(18)2)15-6-5-13(8-26-15)19(32)28-22-9-21(24,10-22)11-22/h3-8,12H,9-11H2,1-2H3,(H,27,33)(H,28,32)/t12-,21?,22?/m1/s1. The molecular formula is C22H21Cl2N7O3. The minimum absolute atomic E-state index is 0.117. The van der Waals surface area contributed by atoms with Crippen molar-refractivity contribution in [1.29, 1.82) is 0 Å². The van der Waals surface area contributed by atoms with E-state index in [4.69, 9.17) is 27.9 Å². The molecule has 2 amide bonds. The molecule has 0 unspecified atom stereocenters. The van der Waals surface area contributed by atoms with Crippen LogP contribution in [0.4, 0.5) is 10.6 Å². The van der Waals surface area contributed by atoms with Crippen LogP contribution in [0, 0.1) is 0 Å². The van der Waals surface area contributed by atoms with Gasteiger partial charge in [0.05, 0.1) is 16.1 Å². The van der Waals surface area contributed by atoms with Crippen molar-refractivity contribution in [2.24, 2.45) is 7.05 Å². The van der Waals surface area contributed by atoms with Crippen LogP contribution in [0.2, 0.25) is 5.15 Å². The molecule has 0 spiro atoms. The van der Waals surface area contributed by atoms with Crippen molar-refractivity contribution in [3.63, 3.8) is 0 Å². The fraction of sp³-hybridized carbons (Fsp3) is 0.364. The number of rotatable bonds is 6. The van der Waals surface area contributed by atoms with Gasteiger partial charge in [-0.1, -0.05) is 22.9 Å². The average molecular weight is 502 g/mol. The number of nitrogens with zero attached hydrogens (tertiary/aromatic N) is 5. The van der Waals surface area contributed by atoms with Gasteiger partial charge in [0, 0.05) is 30.5 Å². The predicted octanol–water partition coefficient (Wildman–Crippen LogP) is 3.88. The summed E-state index contributed by atoms with van der Waals surface area (Å²) in [4.78, 5) is 33.3. The van der Waals surface area contributed by atoms with Crippen molar-refractivity contribution in [1.82, 2.24) is 30.3 Å². The van der Waals surface area contributed by atoms with E-state index in [0.29, 0.717) is 28.3 Å². The summed E-state index contributed by atoms with van der Waals surface area (Å²) in [6, 6.07) is 6.75. The normalized spacial score (nSPS) is 23.3. The maximum atomic E-state index is 12.6. The summed E-state index contributed by atoms with van der Waals surface area (Å²) in [6.45, 7) is 1.69. The lowest BCUT2D eigenvalue weighted by atomic mass is 9.49. The molecule has 3 aromatic heterocycles. The zero-order valence-corrected chi connectivity index (χ0v) is 19.9. The predicted molar refractivity (Wildman–Crippen MR) is 125 cm³/mol. The van der Waals surface area contributed by atoms with E-state index in [1.807, 2.05) is 0 Å². The third-order valence-electron chi connectivity index (χ3n) is 6.17. The third-order valence-corrected chi connectivity index (χ3v) is 6.89. The summed E-state index contributed by atoms with van der Waals surface area (Å²) in [7, 11) is 1.63. The molecule has 10 nitrogen and oxygen atoms in total. The van der Waals surface area contributed by atoms with E-state index < -0.39 is 12.2 Å². The van der Waals surface area contributed by atoms with Gasteiger partial charge in [0.1, 0.15) is 11.3 Å². The van der Waals surface area contributed by atoms with Crippen LogP contribution >= 0.6 is 23.2 Å². The first kappa shape index (κ1) is 22.5. The van der Waals surface area contributed by atoms with Gasteiger partial charge in [-0.2, -0.15) is 0 Å². The first-order valence-electron chi connectivity index (χ1n) is 10.6. The van der Waals surface area contributed by atoms with Gasteiger partial charge >= 0.3 is 6.09 Å². The summed E-state index contributed by atoms with van der Waals surface area (Å²) >= 11 is 12.3. The number of hydrogen-bond donors (Lipinski definition) is 2. The van der Waals surface area contributed by atoms with Crippen LogP contribution in [0.5, 0.6) is 0 Å². The molecule has 12 heteroatoms. The van der Waals surface area contributed by atoms with E-state index in [2.05, 4.69) is 30.9 Å². The Morgan fingerprint density at radius 2 is 1.97 bits per heavy atom. The van der Waals surface area contributed by atoms with Gasteiger partial charge in [0.2, 0.25) is 0 Å². The number of halogens is 2. The Bertz CT molecular complexity index is 1260. The Labute approximate surface area is 205 Å². The maximum absolute atomic E-state index is 12.6. The van der Waals surface area contributed by atoms with Crippen LogP contribution in [0.3, 0.4) is 0 Å². The van der Waals surface area contributed by atoms with Gasteiger partial charge in [0.15, 0.2) is 11.5 Å². The van der Waals surface area contributed by atoms with Crippen LogP contribution in [0.1, 0.15) is 48.2 Å². The first-order chi connectivity index (χ1) is 16.2. The van der Waals surface area contributed by atoms with Crippen molar-refractivity contribution >= 4 is 41.0 Å². The SMILES string of the molecule is C[C@@H](OC(=O)Nc1c(-c2ccc(C(=O)NC34CC(Cl)(C3)C4)cn2)nnn1C)c1cccnc1Cl. The zero-order valence-electron chi connectivity index (χ0n) is 18.4. The number of carbonyl (C=O) groups excluding carboxylic acids is 2. The number of pyridine rings is 2. The molecule has 3 heterocycles. The monoisotopic (exact) mass is 501 g/mol. The highest BCUT2D eigenvalue weighted by Crippen LogP contribution is 2.64. The van der Waals surface area contributed by atoms with Crippen molar-refractivity contribution in [3.8, 4) is 11.4 Å². The molecule has 3 saturated carbocycles. The molecule has 34 heavy (non-hydrogen) atoms. The number of amides is 2. The second-order valence-corrected chi connectivity index (χ2v) is 9.97. The Morgan fingerprint density at radius 3 is 2.62 bits per heavy atom. The smallest absolute Gasteiger partial charge is 0.413 e. The van der Waals surface area contributed by atoms with Gasteiger partial charge < -0.3 is 10.1 Å². The lowest BCUT2D eigenvalue weighted by Gasteiger charge is -2.67. The minimum Gasteiger partial charge on any atom is -0.441 e. The average Bonchev–Trinajstić information content (AvgIpc) is 3.12. The number of hydrogen-bond acceptors (Lipinski definition) is 7. The molecule has 2 bridgehead atoms. The number of aryl methyl sites for hydroxylation is 1. The topological polar surface area (TPSA) is 124 Å². The summed E-state index contributed by atoms with van der Waals surface area (Å²) in [5.74, 6) is 0.0991. The zero-order chi connectivity index (χ0) is 24.1. The Kier molecular flexibility index (Phi) is 5.44. The lowest BCUT2D eigenvalue weighted by Crippen LogP contribution is -2.76. The fourth-order valence-electron chi connectivity index (χ4n) is 4.50. The van der Waals surface area contributed by atoms with E-state index >= 15 is 0 Å². The molecule has 6 rings (SSSR count). The van der Waals surface area contributed by atoms with E-state index in [1.54, 1.807) is 44.4 Å². The lowest BCUT2D eigenvalue weighted by molar-refractivity contribution is -0.0194. The van der Waals surface area contributed by atoms with Crippen molar-refractivity contribution in [3.05, 3.63) is 52.9 Å². The van der Waals surface area contributed by atoms with Crippen LogP contribution in [-0.2, 0) is 11.8 Å².